The fourth-order valence-corrected chi connectivity index (χ4v) is 4.08. The second-order valence-corrected chi connectivity index (χ2v) is 7.31. The lowest BCUT2D eigenvalue weighted by molar-refractivity contribution is -0.140. The van der Waals surface area contributed by atoms with Crippen LogP contribution in [0.3, 0.4) is 0 Å². The second-order valence-electron chi connectivity index (χ2n) is 5.89. The maximum atomic E-state index is 11.9. The number of carboxylic acids is 1. The molecule has 2 aromatic heterocycles. The molecule has 0 unspecified atom stereocenters. The van der Waals surface area contributed by atoms with E-state index in [2.05, 4.69) is 16.0 Å². The van der Waals surface area contributed by atoms with Crippen molar-refractivity contribution in [2.45, 2.75) is 36.3 Å². The highest BCUT2D eigenvalue weighted by Gasteiger charge is 2.36. The van der Waals surface area contributed by atoms with Crippen LogP contribution in [0.15, 0.2) is 59.9 Å². The van der Waals surface area contributed by atoms with Gasteiger partial charge in [-0.2, -0.15) is 0 Å². The van der Waals surface area contributed by atoms with Gasteiger partial charge in [0, 0.05) is 28.9 Å². The van der Waals surface area contributed by atoms with E-state index < -0.39 is 10.7 Å². The van der Waals surface area contributed by atoms with Crippen LogP contribution >= 0.6 is 11.8 Å². The summed E-state index contributed by atoms with van der Waals surface area (Å²) < 4.78 is -0.818. The SMILES string of the molecule is CCC(CC)(Sc1ccnc2ccc(-c3ccncc3)cc12)C(=O)O. The zero-order valence-electron chi connectivity index (χ0n) is 14.3. The van der Waals surface area contributed by atoms with E-state index >= 15 is 0 Å². The van der Waals surface area contributed by atoms with Crippen LogP contribution in [0.25, 0.3) is 22.0 Å². The van der Waals surface area contributed by atoms with Crippen LogP contribution in [0.1, 0.15) is 26.7 Å². The molecule has 0 aliphatic carbocycles. The highest BCUT2D eigenvalue weighted by atomic mass is 32.2. The fraction of sp³-hybridized carbons (Fsp3) is 0.250. The van der Waals surface area contributed by atoms with Crippen molar-refractivity contribution in [3.05, 3.63) is 55.0 Å². The molecule has 3 aromatic rings. The molecule has 1 N–H and O–H groups in total. The first-order valence-corrected chi connectivity index (χ1v) is 9.13. The highest BCUT2D eigenvalue weighted by molar-refractivity contribution is 8.01. The summed E-state index contributed by atoms with van der Waals surface area (Å²) in [6, 6.07) is 11.9. The molecule has 1 aromatic carbocycles. The van der Waals surface area contributed by atoms with E-state index in [1.54, 1.807) is 18.6 Å². The number of nitrogens with zero attached hydrogens (tertiary/aromatic N) is 2. The van der Waals surface area contributed by atoms with Gasteiger partial charge in [-0.15, -0.1) is 11.8 Å². The highest BCUT2D eigenvalue weighted by Crippen LogP contribution is 2.41. The number of rotatable bonds is 6. The van der Waals surface area contributed by atoms with Crippen LogP contribution in [0.2, 0.25) is 0 Å². The summed E-state index contributed by atoms with van der Waals surface area (Å²) in [4.78, 5) is 21.3. The van der Waals surface area contributed by atoms with Crippen LogP contribution in [0.4, 0.5) is 0 Å². The topological polar surface area (TPSA) is 63.1 Å². The number of hydrogen-bond donors (Lipinski definition) is 1. The van der Waals surface area contributed by atoms with Crippen molar-refractivity contribution in [1.29, 1.82) is 0 Å². The van der Waals surface area contributed by atoms with Crippen molar-refractivity contribution < 1.29 is 9.90 Å². The van der Waals surface area contributed by atoms with Crippen molar-refractivity contribution in [2.24, 2.45) is 0 Å². The number of carboxylic acid groups (broad SMARTS) is 1. The van der Waals surface area contributed by atoms with Gasteiger partial charge in [0.15, 0.2) is 0 Å². The summed E-state index contributed by atoms with van der Waals surface area (Å²) in [5.41, 5.74) is 3.01. The molecule has 25 heavy (non-hydrogen) atoms. The van der Waals surface area contributed by atoms with E-state index in [4.69, 9.17) is 0 Å². The monoisotopic (exact) mass is 352 g/mol. The molecular formula is C20H20N2O2S. The van der Waals surface area contributed by atoms with Gasteiger partial charge in [-0.25, -0.2) is 0 Å². The minimum Gasteiger partial charge on any atom is -0.480 e. The minimum absolute atomic E-state index is 0.567. The lowest BCUT2D eigenvalue weighted by atomic mass is 10.0. The number of aliphatic carboxylic acids is 1. The molecule has 3 rings (SSSR count). The smallest absolute Gasteiger partial charge is 0.320 e. The average Bonchev–Trinajstić information content (AvgIpc) is 2.66. The first-order chi connectivity index (χ1) is 12.1. The van der Waals surface area contributed by atoms with Crippen molar-refractivity contribution in [2.75, 3.05) is 0 Å². The molecule has 0 aliphatic heterocycles. The quantitative estimate of drug-likeness (QED) is 0.630. The molecule has 0 fully saturated rings. The molecule has 0 spiro atoms. The van der Waals surface area contributed by atoms with Crippen molar-refractivity contribution in [3.8, 4) is 11.1 Å². The van der Waals surface area contributed by atoms with Crippen LogP contribution in [0.5, 0.6) is 0 Å². The van der Waals surface area contributed by atoms with Gasteiger partial charge in [-0.1, -0.05) is 19.9 Å². The summed E-state index contributed by atoms with van der Waals surface area (Å²) in [5, 5.41) is 10.7. The Hall–Kier alpha value is -2.40. The Morgan fingerprint density at radius 1 is 1.04 bits per heavy atom. The van der Waals surface area contributed by atoms with Crippen LogP contribution < -0.4 is 0 Å². The molecular weight excluding hydrogens is 332 g/mol. The number of pyridine rings is 2. The number of benzene rings is 1. The van der Waals surface area contributed by atoms with E-state index in [0.29, 0.717) is 12.8 Å². The minimum atomic E-state index is -0.818. The Bertz CT molecular complexity index is 893. The van der Waals surface area contributed by atoms with E-state index in [9.17, 15) is 9.90 Å². The first-order valence-electron chi connectivity index (χ1n) is 8.31. The normalized spacial score (nSPS) is 11.6. The van der Waals surface area contributed by atoms with Crippen LogP contribution in [-0.2, 0) is 4.79 Å². The number of hydrogen-bond acceptors (Lipinski definition) is 4. The number of thioether (sulfide) groups is 1. The summed E-state index contributed by atoms with van der Waals surface area (Å²) >= 11 is 1.43. The molecule has 0 amide bonds. The van der Waals surface area contributed by atoms with Gasteiger partial charge in [0.05, 0.1) is 5.52 Å². The maximum Gasteiger partial charge on any atom is 0.320 e. The van der Waals surface area contributed by atoms with Crippen molar-refractivity contribution in [1.82, 2.24) is 9.97 Å². The Kier molecular flexibility index (Phi) is 5.04. The fourth-order valence-electron chi connectivity index (χ4n) is 2.88. The molecule has 5 heteroatoms. The Balaban J connectivity index is 2.11. The number of aromatic nitrogens is 2. The predicted molar refractivity (Wildman–Crippen MR) is 102 cm³/mol. The molecule has 0 saturated carbocycles. The first kappa shape index (κ1) is 17.4. The average molecular weight is 352 g/mol. The Morgan fingerprint density at radius 3 is 2.40 bits per heavy atom. The van der Waals surface area contributed by atoms with Gasteiger partial charge >= 0.3 is 5.97 Å². The molecule has 2 heterocycles. The molecule has 0 radical (unpaired) electrons. The zero-order chi connectivity index (χ0) is 17.9. The second kappa shape index (κ2) is 7.23. The van der Waals surface area contributed by atoms with E-state index in [-0.39, 0.29) is 0 Å². The molecule has 4 nitrogen and oxygen atoms in total. The standard InChI is InChI=1S/C20H20N2O2S/c1-3-20(4-2,19(23)24)25-18-9-12-22-17-6-5-15(13-16(17)18)14-7-10-21-11-8-14/h5-13H,3-4H2,1-2H3,(H,23,24). The van der Waals surface area contributed by atoms with Crippen LogP contribution in [0, 0.1) is 0 Å². The Labute approximate surface area is 151 Å². The lowest BCUT2D eigenvalue weighted by Crippen LogP contribution is -2.33. The molecule has 0 bridgehead atoms. The largest absolute Gasteiger partial charge is 0.480 e. The molecule has 0 saturated heterocycles. The zero-order valence-corrected chi connectivity index (χ0v) is 15.1. The summed E-state index contributed by atoms with van der Waals surface area (Å²) in [5.74, 6) is -0.766. The molecule has 128 valence electrons. The maximum absolute atomic E-state index is 11.9. The van der Waals surface area contributed by atoms with E-state index in [0.717, 1.165) is 26.9 Å². The summed E-state index contributed by atoms with van der Waals surface area (Å²) in [6.45, 7) is 3.85. The molecule has 0 aliphatic rings. The van der Waals surface area contributed by atoms with Crippen molar-refractivity contribution in [3.63, 3.8) is 0 Å². The van der Waals surface area contributed by atoms with Gasteiger partial charge in [-0.3, -0.25) is 14.8 Å². The van der Waals surface area contributed by atoms with Gasteiger partial charge < -0.3 is 5.11 Å². The summed E-state index contributed by atoms with van der Waals surface area (Å²) in [6.07, 6.45) is 6.41. The summed E-state index contributed by atoms with van der Waals surface area (Å²) in [7, 11) is 0. The molecule has 0 atom stereocenters. The van der Waals surface area contributed by atoms with Crippen molar-refractivity contribution >= 4 is 28.6 Å². The van der Waals surface area contributed by atoms with E-state index in [1.807, 2.05) is 44.2 Å². The van der Waals surface area contributed by atoms with E-state index in [1.165, 1.54) is 11.8 Å². The Morgan fingerprint density at radius 2 is 1.76 bits per heavy atom. The number of fused-ring (bicyclic) bond motifs is 1. The van der Waals surface area contributed by atoms with Gasteiger partial charge in [-0.05, 0) is 54.3 Å². The van der Waals surface area contributed by atoms with Gasteiger partial charge in [0.1, 0.15) is 4.75 Å². The van der Waals surface area contributed by atoms with Crippen LogP contribution in [-0.4, -0.2) is 25.8 Å². The third-order valence-electron chi connectivity index (χ3n) is 4.55. The lowest BCUT2D eigenvalue weighted by Gasteiger charge is -2.26. The predicted octanol–water partition coefficient (Wildman–Crippen LogP) is 5.03. The number of carbonyl (C=O) groups is 1. The van der Waals surface area contributed by atoms with Gasteiger partial charge in [0.25, 0.3) is 0 Å². The third kappa shape index (κ3) is 3.37. The third-order valence-corrected chi connectivity index (χ3v) is 6.27. The van der Waals surface area contributed by atoms with Gasteiger partial charge in [0.2, 0.25) is 0 Å².